The predicted octanol–water partition coefficient (Wildman–Crippen LogP) is 4.15. The zero-order valence-corrected chi connectivity index (χ0v) is 16.5. The number of thioether (sulfide) groups is 1. The van der Waals surface area contributed by atoms with E-state index < -0.39 is 0 Å². The Hall–Kier alpha value is -1.12. The van der Waals surface area contributed by atoms with Crippen molar-refractivity contribution >= 4 is 35.1 Å². The molecule has 5 nitrogen and oxygen atoms in total. The van der Waals surface area contributed by atoms with E-state index in [2.05, 4.69) is 48.0 Å². The molecule has 1 aliphatic rings. The zero-order chi connectivity index (χ0) is 18.1. The van der Waals surface area contributed by atoms with Gasteiger partial charge in [-0.05, 0) is 70.0 Å². The molecule has 25 heavy (non-hydrogen) atoms. The van der Waals surface area contributed by atoms with Crippen LogP contribution in [0.5, 0.6) is 0 Å². The summed E-state index contributed by atoms with van der Waals surface area (Å²) in [5.74, 6) is 0.974. The molecule has 0 amide bonds. The topological polar surface area (TPSA) is 73.5 Å². The molecule has 0 aliphatic heterocycles. The maximum atomic E-state index is 9.43. The summed E-state index contributed by atoms with van der Waals surface area (Å²) in [6.45, 7) is 1.01. The van der Waals surface area contributed by atoms with Crippen LogP contribution >= 0.6 is 23.7 Å². The zero-order valence-electron chi connectivity index (χ0n) is 14.9. The third-order valence-electron chi connectivity index (χ3n) is 3.94. The Morgan fingerprint density at radius 2 is 2.12 bits per heavy atom. The second-order valence-electron chi connectivity index (χ2n) is 6.27. The van der Waals surface area contributed by atoms with Crippen molar-refractivity contribution < 1.29 is 5.21 Å². The fourth-order valence-electron chi connectivity index (χ4n) is 2.54. The van der Waals surface area contributed by atoms with Gasteiger partial charge in [-0.3, -0.25) is 15.8 Å². The van der Waals surface area contributed by atoms with E-state index in [0.717, 1.165) is 54.1 Å². The first-order valence-electron chi connectivity index (χ1n) is 8.44. The van der Waals surface area contributed by atoms with Crippen molar-refractivity contribution in [2.75, 3.05) is 37.2 Å². The average Bonchev–Trinajstić information content (AvgIpc) is 2.64. The Kier molecular flexibility index (Phi) is 8.71. The Balaban J connectivity index is 2.04. The largest absolute Gasteiger partial charge is 0.380 e. The summed E-state index contributed by atoms with van der Waals surface area (Å²) in [4.78, 5) is 4.44. The summed E-state index contributed by atoms with van der Waals surface area (Å²) in [6, 6.07) is 6.05. The number of nitrogens with two attached hydrogens (primary N) is 1. The van der Waals surface area contributed by atoms with E-state index in [1.54, 1.807) is 0 Å². The van der Waals surface area contributed by atoms with Crippen LogP contribution in [0.2, 0.25) is 0 Å². The molecule has 0 heterocycles. The summed E-state index contributed by atoms with van der Waals surface area (Å²) in [5, 5.41) is 18.6. The van der Waals surface area contributed by atoms with Crippen molar-refractivity contribution in [3.05, 3.63) is 41.3 Å². The lowest BCUT2D eigenvalue weighted by Crippen LogP contribution is -2.28. The van der Waals surface area contributed by atoms with Crippen LogP contribution in [-0.4, -0.2) is 42.5 Å². The molecule has 0 bridgehead atoms. The van der Waals surface area contributed by atoms with Crippen LogP contribution in [0.4, 0.5) is 11.4 Å². The van der Waals surface area contributed by atoms with Gasteiger partial charge in [0.25, 0.3) is 0 Å². The second kappa shape index (κ2) is 10.8. The first kappa shape index (κ1) is 20.2. The number of nitrogens with one attached hydrogen (secondary N) is 2. The van der Waals surface area contributed by atoms with Gasteiger partial charge in [0.2, 0.25) is 0 Å². The van der Waals surface area contributed by atoms with Crippen molar-refractivity contribution in [2.24, 2.45) is 5.14 Å². The van der Waals surface area contributed by atoms with Crippen LogP contribution < -0.4 is 15.9 Å². The van der Waals surface area contributed by atoms with E-state index in [9.17, 15) is 5.21 Å². The lowest BCUT2D eigenvalue weighted by Gasteiger charge is -2.23. The van der Waals surface area contributed by atoms with E-state index in [-0.39, 0.29) is 0 Å². The van der Waals surface area contributed by atoms with Crippen LogP contribution in [0.1, 0.15) is 19.3 Å². The second-order valence-corrected chi connectivity index (χ2v) is 8.07. The summed E-state index contributed by atoms with van der Waals surface area (Å²) in [5.41, 5.74) is 3.81. The molecule has 0 aromatic heterocycles. The van der Waals surface area contributed by atoms with Gasteiger partial charge in [0.05, 0.1) is 11.4 Å². The van der Waals surface area contributed by atoms with Crippen LogP contribution in [0.25, 0.3) is 0 Å². The summed E-state index contributed by atoms with van der Waals surface area (Å²) >= 11 is 3.05. The molecule has 5 N–H and O–H groups in total. The van der Waals surface area contributed by atoms with Crippen LogP contribution in [-0.2, 0) is 0 Å². The maximum Gasteiger partial charge on any atom is 0.0845 e. The molecular formula is C18H28N4OS2. The highest BCUT2D eigenvalue weighted by molar-refractivity contribution is 8.03. The molecule has 7 heteroatoms. The van der Waals surface area contributed by atoms with Gasteiger partial charge in [-0.15, -0.1) is 11.8 Å². The van der Waals surface area contributed by atoms with Gasteiger partial charge in [-0.2, -0.15) is 0 Å². The van der Waals surface area contributed by atoms with Crippen LogP contribution in [0, 0.1) is 0 Å². The number of rotatable bonds is 10. The third-order valence-corrected chi connectivity index (χ3v) is 5.68. The van der Waals surface area contributed by atoms with E-state index in [4.69, 9.17) is 5.14 Å². The minimum atomic E-state index is 0.298. The number of nitrogens with zero attached hydrogens (tertiary/aromatic N) is 1. The third kappa shape index (κ3) is 6.95. The molecule has 1 aromatic rings. The Morgan fingerprint density at radius 1 is 1.28 bits per heavy atom. The fraction of sp³-hybridized carbons (Fsp3) is 0.444. The average molecular weight is 381 g/mol. The summed E-state index contributed by atoms with van der Waals surface area (Å²) in [7, 11) is 4.18. The molecule has 1 atom stereocenters. The quantitative estimate of drug-likeness (QED) is 0.359. The Bertz CT molecular complexity index is 605. The SMILES string of the molecule is CN(C)CC[C@H](CSC1=CCCC=C1)Nc1ccc(SN)cc1NO. The van der Waals surface area contributed by atoms with E-state index in [1.165, 1.54) is 4.91 Å². The molecule has 1 aliphatic carbocycles. The van der Waals surface area contributed by atoms with Gasteiger partial charge in [0.15, 0.2) is 0 Å². The lowest BCUT2D eigenvalue weighted by atomic mass is 10.2. The standard InChI is InChI=1S/C18H28N4OS2/c1-22(2)11-10-14(13-24-15-6-4-3-5-7-15)20-17-9-8-16(25-19)12-18(17)21-23/h4,6-9,12,14,20-21,23H,3,5,10-11,13,19H2,1-2H3/t14-/m1/s1. The first-order valence-corrected chi connectivity index (χ1v) is 10.3. The molecule has 0 unspecified atom stereocenters. The van der Waals surface area contributed by atoms with Gasteiger partial charge in [0.1, 0.15) is 0 Å². The fourth-order valence-corrected chi connectivity index (χ4v) is 3.94. The normalized spacial score (nSPS) is 15.2. The minimum Gasteiger partial charge on any atom is -0.380 e. The van der Waals surface area contributed by atoms with Crippen molar-refractivity contribution in [2.45, 2.75) is 30.2 Å². The number of benzene rings is 1. The Labute approximate surface area is 159 Å². The summed E-state index contributed by atoms with van der Waals surface area (Å²) < 4.78 is 0. The minimum absolute atomic E-state index is 0.298. The number of anilines is 2. The molecule has 0 fully saturated rings. The van der Waals surface area contributed by atoms with Crippen molar-refractivity contribution in [1.82, 2.24) is 4.90 Å². The smallest absolute Gasteiger partial charge is 0.0845 e. The van der Waals surface area contributed by atoms with Gasteiger partial charge in [0, 0.05) is 21.6 Å². The summed E-state index contributed by atoms with van der Waals surface area (Å²) in [6.07, 6.45) is 10.1. The molecule has 1 aromatic carbocycles. The number of hydrogen-bond donors (Lipinski definition) is 4. The first-order chi connectivity index (χ1) is 12.1. The highest BCUT2D eigenvalue weighted by Gasteiger charge is 2.13. The van der Waals surface area contributed by atoms with Crippen LogP contribution in [0.15, 0.2) is 46.2 Å². The number of allylic oxidation sites excluding steroid dienone is 3. The van der Waals surface area contributed by atoms with Crippen molar-refractivity contribution in [1.29, 1.82) is 0 Å². The molecule has 0 saturated heterocycles. The van der Waals surface area contributed by atoms with E-state index >= 15 is 0 Å². The highest BCUT2D eigenvalue weighted by atomic mass is 32.2. The monoisotopic (exact) mass is 380 g/mol. The van der Waals surface area contributed by atoms with Crippen LogP contribution in [0.3, 0.4) is 0 Å². The van der Waals surface area contributed by atoms with Gasteiger partial charge in [-0.25, -0.2) is 0 Å². The van der Waals surface area contributed by atoms with Gasteiger partial charge in [-0.1, -0.05) is 18.2 Å². The Morgan fingerprint density at radius 3 is 2.76 bits per heavy atom. The van der Waals surface area contributed by atoms with E-state index in [1.807, 2.05) is 30.0 Å². The molecule has 0 radical (unpaired) electrons. The van der Waals surface area contributed by atoms with Crippen molar-refractivity contribution in [3.8, 4) is 0 Å². The predicted molar refractivity (Wildman–Crippen MR) is 111 cm³/mol. The highest BCUT2D eigenvalue weighted by Crippen LogP contribution is 2.29. The van der Waals surface area contributed by atoms with Crippen molar-refractivity contribution in [3.63, 3.8) is 0 Å². The molecular weight excluding hydrogens is 352 g/mol. The molecule has 138 valence electrons. The molecule has 0 saturated carbocycles. The number of hydrogen-bond acceptors (Lipinski definition) is 7. The van der Waals surface area contributed by atoms with Gasteiger partial charge >= 0.3 is 0 Å². The lowest BCUT2D eigenvalue weighted by molar-refractivity contribution is 0.387. The van der Waals surface area contributed by atoms with E-state index in [0.29, 0.717) is 11.7 Å². The molecule has 0 spiro atoms. The maximum absolute atomic E-state index is 9.43. The van der Waals surface area contributed by atoms with Gasteiger partial charge < -0.3 is 10.2 Å². The molecule has 2 rings (SSSR count).